The lowest BCUT2D eigenvalue weighted by Gasteiger charge is -2.23. The minimum atomic E-state index is -3.57. The number of benzene rings is 1. The van der Waals surface area contributed by atoms with Crippen LogP contribution in [0.15, 0.2) is 35.4 Å². The van der Waals surface area contributed by atoms with Crippen LogP contribution >= 0.6 is 11.8 Å². The van der Waals surface area contributed by atoms with Crippen molar-refractivity contribution in [1.29, 1.82) is 0 Å². The summed E-state index contributed by atoms with van der Waals surface area (Å²) < 4.78 is 24.4. The van der Waals surface area contributed by atoms with Crippen molar-refractivity contribution in [1.82, 2.24) is 9.71 Å². The van der Waals surface area contributed by atoms with Crippen LogP contribution in [0.4, 0.5) is 0 Å². The van der Waals surface area contributed by atoms with Gasteiger partial charge in [-0.05, 0) is 45.9 Å². The van der Waals surface area contributed by atoms with Crippen molar-refractivity contribution in [2.45, 2.75) is 37.3 Å². The van der Waals surface area contributed by atoms with Crippen molar-refractivity contribution in [3.05, 3.63) is 36.0 Å². The molecule has 7 heteroatoms. The molecule has 1 N–H and O–H groups in total. The van der Waals surface area contributed by atoms with E-state index < -0.39 is 20.7 Å². The Morgan fingerprint density at radius 2 is 2.00 bits per heavy atom. The molecule has 1 aromatic heterocycles. The summed E-state index contributed by atoms with van der Waals surface area (Å²) in [6.45, 7) is 6.90. The molecule has 1 amide bonds. The van der Waals surface area contributed by atoms with Gasteiger partial charge in [-0.1, -0.05) is 11.6 Å². The van der Waals surface area contributed by atoms with E-state index in [2.05, 4.69) is 9.71 Å². The Balaban J connectivity index is 2.34. The van der Waals surface area contributed by atoms with Gasteiger partial charge in [0.05, 0.1) is 16.0 Å². The Morgan fingerprint density at radius 3 is 2.65 bits per heavy atom. The highest BCUT2D eigenvalue weighted by molar-refractivity contribution is 8.01. The molecule has 5 nitrogen and oxygen atoms in total. The van der Waals surface area contributed by atoms with Crippen LogP contribution in [0, 0.1) is 6.92 Å². The number of aryl methyl sites for hydroxylation is 1. The van der Waals surface area contributed by atoms with E-state index in [0.29, 0.717) is 0 Å². The van der Waals surface area contributed by atoms with Gasteiger partial charge in [0.1, 0.15) is 0 Å². The summed E-state index contributed by atoms with van der Waals surface area (Å²) >= 11 is 1.33. The highest BCUT2D eigenvalue weighted by Gasteiger charge is 2.32. The lowest BCUT2D eigenvalue weighted by molar-refractivity contribution is -0.120. The van der Waals surface area contributed by atoms with E-state index in [-0.39, 0.29) is 5.75 Å². The van der Waals surface area contributed by atoms with Gasteiger partial charge in [-0.15, -0.1) is 11.8 Å². The Hall–Kier alpha value is -1.60. The molecule has 2 aromatic rings. The van der Waals surface area contributed by atoms with Gasteiger partial charge in [-0.3, -0.25) is 14.5 Å². The maximum Gasteiger partial charge on any atom is 0.249 e. The van der Waals surface area contributed by atoms with Crippen molar-refractivity contribution in [3.63, 3.8) is 0 Å². The molecule has 0 aliphatic carbocycles. The number of nitrogens with zero attached hydrogens (tertiary/aromatic N) is 1. The molecule has 2 rings (SSSR count). The Morgan fingerprint density at radius 1 is 1.30 bits per heavy atom. The lowest BCUT2D eigenvalue weighted by Crippen LogP contribution is -2.43. The van der Waals surface area contributed by atoms with Gasteiger partial charge in [0.25, 0.3) is 0 Å². The first kappa shape index (κ1) is 17.7. The SMILES string of the molecule is CCS(=O)(=O)NC(=O)C(C)(C)Sc1ccnc2ccc(C)cc12. The first-order chi connectivity index (χ1) is 10.6. The molecule has 1 aromatic carbocycles. The van der Waals surface area contributed by atoms with E-state index >= 15 is 0 Å². The minimum absolute atomic E-state index is 0.128. The van der Waals surface area contributed by atoms with E-state index in [1.165, 1.54) is 18.7 Å². The quantitative estimate of drug-likeness (QED) is 0.838. The van der Waals surface area contributed by atoms with Crippen molar-refractivity contribution in [2.24, 2.45) is 0 Å². The van der Waals surface area contributed by atoms with Gasteiger partial charge >= 0.3 is 0 Å². The third kappa shape index (κ3) is 4.23. The van der Waals surface area contributed by atoms with Crippen LogP contribution in [0.3, 0.4) is 0 Å². The number of pyridine rings is 1. The van der Waals surface area contributed by atoms with Gasteiger partial charge in [-0.25, -0.2) is 8.42 Å². The zero-order valence-corrected chi connectivity index (χ0v) is 15.2. The predicted molar refractivity (Wildman–Crippen MR) is 94.0 cm³/mol. The summed E-state index contributed by atoms with van der Waals surface area (Å²) in [5, 5.41) is 0.955. The fraction of sp³-hybridized carbons (Fsp3) is 0.375. The molecule has 0 saturated heterocycles. The third-order valence-electron chi connectivity index (χ3n) is 3.40. The summed E-state index contributed by atoms with van der Waals surface area (Å²) in [5.41, 5.74) is 1.95. The summed E-state index contributed by atoms with van der Waals surface area (Å²) in [4.78, 5) is 17.5. The van der Waals surface area contributed by atoms with Crippen molar-refractivity contribution in [2.75, 3.05) is 5.75 Å². The fourth-order valence-corrected chi connectivity index (χ4v) is 3.82. The van der Waals surface area contributed by atoms with E-state index in [1.54, 1.807) is 20.0 Å². The molecular formula is C16H20N2O3S2. The Kier molecular flexibility index (Phi) is 5.01. The second-order valence-corrected chi connectivity index (χ2v) is 9.45. The maximum atomic E-state index is 12.3. The van der Waals surface area contributed by atoms with E-state index in [9.17, 15) is 13.2 Å². The van der Waals surface area contributed by atoms with Crippen LogP contribution < -0.4 is 4.72 Å². The van der Waals surface area contributed by atoms with Gasteiger partial charge in [-0.2, -0.15) is 0 Å². The number of hydrogen-bond acceptors (Lipinski definition) is 5. The number of amides is 1. The molecule has 0 fully saturated rings. The van der Waals surface area contributed by atoms with Gasteiger partial charge in [0.2, 0.25) is 15.9 Å². The molecule has 0 atom stereocenters. The molecule has 0 saturated carbocycles. The fourth-order valence-electron chi connectivity index (χ4n) is 1.98. The molecule has 0 aliphatic heterocycles. The smallest absolute Gasteiger partial charge is 0.249 e. The van der Waals surface area contributed by atoms with Crippen LogP contribution in [0.2, 0.25) is 0 Å². The van der Waals surface area contributed by atoms with Crippen LogP contribution in [-0.2, 0) is 14.8 Å². The van der Waals surface area contributed by atoms with Gasteiger partial charge in [0, 0.05) is 16.5 Å². The topological polar surface area (TPSA) is 76.1 Å². The zero-order valence-electron chi connectivity index (χ0n) is 13.6. The average Bonchev–Trinajstić information content (AvgIpc) is 2.47. The first-order valence-electron chi connectivity index (χ1n) is 7.24. The first-order valence-corrected chi connectivity index (χ1v) is 9.71. The number of thioether (sulfide) groups is 1. The molecule has 124 valence electrons. The molecule has 23 heavy (non-hydrogen) atoms. The van der Waals surface area contributed by atoms with Crippen LogP contribution in [0.1, 0.15) is 26.3 Å². The second kappa shape index (κ2) is 6.49. The van der Waals surface area contributed by atoms with Gasteiger partial charge < -0.3 is 0 Å². The predicted octanol–water partition coefficient (Wildman–Crippen LogP) is 2.88. The molecule has 0 aliphatic rings. The van der Waals surface area contributed by atoms with Crippen molar-refractivity contribution < 1.29 is 13.2 Å². The van der Waals surface area contributed by atoms with Crippen molar-refractivity contribution in [3.8, 4) is 0 Å². The number of fused-ring (bicyclic) bond motifs is 1. The summed E-state index contributed by atoms with van der Waals surface area (Å²) in [6, 6.07) is 7.77. The number of carbonyl (C=O) groups is 1. The van der Waals surface area contributed by atoms with E-state index in [1.807, 2.05) is 31.2 Å². The molecular weight excluding hydrogens is 332 g/mol. The number of nitrogens with one attached hydrogen (secondary N) is 1. The lowest BCUT2D eigenvalue weighted by atomic mass is 10.1. The normalized spacial score (nSPS) is 12.3. The standard InChI is InChI=1S/C16H20N2O3S2/c1-5-23(20,21)18-15(19)16(3,4)22-14-8-9-17-13-7-6-11(2)10-12(13)14/h6-10H,5H2,1-4H3,(H,18,19). The molecule has 0 bridgehead atoms. The second-order valence-electron chi connectivity index (χ2n) is 5.78. The zero-order chi connectivity index (χ0) is 17.3. The monoisotopic (exact) mass is 352 g/mol. The average molecular weight is 352 g/mol. The number of hydrogen-bond donors (Lipinski definition) is 1. The highest BCUT2D eigenvalue weighted by Crippen LogP contribution is 2.36. The largest absolute Gasteiger partial charge is 0.272 e. The summed E-state index contributed by atoms with van der Waals surface area (Å²) in [6.07, 6.45) is 1.69. The molecule has 0 radical (unpaired) electrons. The molecule has 0 unspecified atom stereocenters. The molecule has 0 spiro atoms. The summed E-state index contributed by atoms with van der Waals surface area (Å²) in [5.74, 6) is -0.654. The summed E-state index contributed by atoms with van der Waals surface area (Å²) in [7, 11) is -3.57. The van der Waals surface area contributed by atoms with E-state index in [0.717, 1.165) is 21.4 Å². The molecule has 1 heterocycles. The number of rotatable bonds is 5. The maximum absolute atomic E-state index is 12.3. The van der Waals surface area contributed by atoms with Crippen LogP contribution in [-0.4, -0.2) is 29.8 Å². The number of aromatic nitrogens is 1. The third-order valence-corrected chi connectivity index (χ3v) is 5.93. The van der Waals surface area contributed by atoms with Crippen LogP contribution in [0.25, 0.3) is 10.9 Å². The van der Waals surface area contributed by atoms with Crippen LogP contribution in [0.5, 0.6) is 0 Å². The van der Waals surface area contributed by atoms with Gasteiger partial charge in [0.15, 0.2) is 0 Å². The number of sulfonamides is 1. The minimum Gasteiger partial charge on any atom is -0.272 e. The Bertz CT molecular complexity index is 846. The Labute approximate surface area is 140 Å². The van der Waals surface area contributed by atoms with E-state index in [4.69, 9.17) is 0 Å². The van der Waals surface area contributed by atoms with Crippen molar-refractivity contribution >= 4 is 38.6 Å². The number of carbonyl (C=O) groups excluding carboxylic acids is 1. The highest BCUT2D eigenvalue weighted by atomic mass is 32.2.